The van der Waals surface area contributed by atoms with E-state index < -0.39 is 85.2 Å². The highest BCUT2D eigenvalue weighted by atomic mass is 16.6. The number of aliphatic hydroxyl groups is 3. The Morgan fingerprint density at radius 2 is 1.77 bits per heavy atom. The second-order valence-electron chi connectivity index (χ2n) is 8.58. The van der Waals surface area contributed by atoms with Crippen molar-refractivity contribution in [1.29, 1.82) is 0 Å². The summed E-state index contributed by atoms with van der Waals surface area (Å²) >= 11 is 0. The third-order valence-electron chi connectivity index (χ3n) is 5.63. The normalized spacial score (nSPS) is 27.8. The smallest absolute Gasteiger partial charge is 0.326 e. The average molecular weight is 508 g/mol. The van der Waals surface area contributed by atoms with Gasteiger partial charge in [-0.15, -0.1) is 0 Å². The summed E-state index contributed by atoms with van der Waals surface area (Å²) in [5, 5.41) is 41.4. The number of carboxylic acid groups (broad SMARTS) is 1. The van der Waals surface area contributed by atoms with Crippen molar-refractivity contribution in [3.63, 3.8) is 0 Å². The van der Waals surface area contributed by atoms with Crippen LogP contribution in [0.1, 0.15) is 33.6 Å². The van der Waals surface area contributed by atoms with Crippen LogP contribution in [0.3, 0.4) is 0 Å². The highest BCUT2D eigenvalue weighted by Crippen LogP contribution is 2.23. The summed E-state index contributed by atoms with van der Waals surface area (Å²) in [6, 6.07) is -4.57. The zero-order valence-corrected chi connectivity index (χ0v) is 19.9. The molecule has 1 rings (SSSR count). The molecule has 9 atom stereocenters. The van der Waals surface area contributed by atoms with Crippen LogP contribution in [0.4, 0.5) is 0 Å². The van der Waals surface area contributed by atoms with Gasteiger partial charge in [0.1, 0.15) is 30.4 Å². The monoisotopic (exact) mass is 507 g/mol. The Labute approximate surface area is 202 Å². The highest BCUT2D eigenvalue weighted by molar-refractivity contribution is 5.89. The molecule has 1 unspecified atom stereocenters. The fourth-order valence-electron chi connectivity index (χ4n) is 3.47. The number of ether oxygens (including phenoxy) is 2. The topological polar surface area (TPSA) is 261 Å². The maximum Gasteiger partial charge on any atom is 0.326 e. The van der Waals surface area contributed by atoms with Crippen molar-refractivity contribution in [3.8, 4) is 0 Å². The number of carbonyl (C=O) groups is 4. The first-order valence-corrected chi connectivity index (χ1v) is 11.1. The summed E-state index contributed by atoms with van der Waals surface area (Å²) in [6.45, 7) is 3.31. The molecule has 1 fully saturated rings. The molecular formula is C20H37N5O10. The maximum atomic E-state index is 12.9. The summed E-state index contributed by atoms with van der Waals surface area (Å²) in [4.78, 5) is 48.9. The van der Waals surface area contributed by atoms with Crippen molar-refractivity contribution in [1.82, 2.24) is 10.2 Å². The van der Waals surface area contributed by atoms with E-state index in [9.17, 15) is 39.6 Å². The number of amides is 3. The van der Waals surface area contributed by atoms with Crippen LogP contribution in [0, 0.1) is 0 Å². The second kappa shape index (κ2) is 13.6. The van der Waals surface area contributed by atoms with Crippen LogP contribution in [0.25, 0.3) is 0 Å². The van der Waals surface area contributed by atoms with Crippen LogP contribution in [0.15, 0.2) is 0 Å². The minimum absolute atomic E-state index is 0.196. The molecule has 0 saturated carbocycles. The van der Waals surface area contributed by atoms with Gasteiger partial charge in [0.2, 0.25) is 17.7 Å². The van der Waals surface area contributed by atoms with Crippen LogP contribution in [0.2, 0.25) is 0 Å². The molecule has 202 valence electrons. The van der Waals surface area contributed by atoms with Gasteiger partial charge >= 0.3 is 5.97 Å². The molecule has 1 aliphatic rings. The molecule has 1 saturated heterocycles. The first-order valence-electron chi connectivity index (χ1n) is 11.1. The molecular weight excluding hydrogens is 470 g/mol. The summed E-state index contributed by atoms with van der Waals surface area (Å²) < 4.78 is 10.7. The van der Waals surface area contributed by atoms with E-state index in [4.69, 9.17) is 26.7 Å². The zero-order valence-electron chi connectivity index (χ0n) is 19.9. The number of aliphatic carboxylic acids is 1. The molecule has 0 bridgehead atoms. The second-order valence-corrected chi connectivity index (χ2v) is 8.58. The predicted octanol–water partition coefficient (Wildman–Crippen LogP) is -4.44. The molecule has 35 heavy (non-hydrogen) atoms. The quantitative estimate of drug-likeness (QED) is 0.117. The fourth-order valence-corrected chi connectivity index (χ4v) is 3.47. The van der Waals surface area contributed by atoms with Gasteiger partial charge < -0.3 is 57.3 Å². The average Bonchev–Trinajstić information content (AvgIpc) is 2.78. The number of primary amides is 1. The number of hydrogen-bond donors (Lipinski definition) is 8. The molecule has 1 heterocycles. The van der Waals surface area contributed by atoms with Crippen molar-refractivity contribution in [3.05, 3.63) is 0 Å². The molecule has 0 aromatic carbocycles. The largest absolute Gasteiger partial charge is 0.480 e. The Balaban J connectivity index is 2.91. The molecule has 0 spiro atoms. The van der Waals surface area contributed by atoms with E-state index in [1.165, 1.54) is 20.8 Å². The van der Waals surface area contributed by atoms with Gasteiger partial charge in [-0.3, -0.25) is 14.4 Å². The summed E-state index contributed by atoms with van der Waals surface area (Å²) in [7, 11) is 0. The third-order valence-corrected chi connectivity index (χ3v) is 5.63. The predicted molar refractivity (Wildman–Crippen MR) is 119 cm³/mol. The van der Waals surface area contributed by atoms with Crippen LogP contribution >= 0.6 is 0 Å². The van der Waals surface area contributed by atoms with E-state index >= 15 is 0 Å². The van der Waals surface area contributed by atoms with E-state index in [1.807, 2.05) is 0 Å². The first kappa shape index (κ1) is 30.6. The van der Waals surface area contributed by atoms with Crippen molar-refractivity contribution in [2.75, 3.05) is 13.2 Å². The van der Waals surface area contributed by atoms with E-state index in [0.717, 1.165) is 4.90 Å². The van der Waals surface area contributed by atoms with Crippen LogP contribution in [-0.4, -0.2) is 117 Å². The molecule has 1 aliphatic heterocycles. The zero-order chi connectivity index (χ0) is 27.0. The van der Waals surface area contributed by atoms with E-state index in [1.54, 1.807) is 0 Å². The minimum atomic E-state index is -1.53. The number of nitrogens with one attached hydrogen (secondary N) is 1. The van der Waals surface area contributed by atoms with Gasteiger partial charge in [-0.25, -0.2) is 4.79 Å². The van der Waals surface area contributed by atoms with Gasteiger partial charge in [-0.05, 0) is 27.2 Å². The number of rotatable bonds is 13. The van der Waals surface area contributed by atoms with Crippen LogP contribution in [0.5, 0.6) is 0 Å². The molecule has 0 aromatic rings. The molecule has 0 aliphatic carbocycles. The highest BCUT2D eigenvalue weighted by Gasteiger charge is 2.44. The Morgan fingerprint density at radius 1 is 1.17 bits per heavy atom. The summed E-state index contributed by atoms with van der Waals surface area (Å²) in [5.74, 6) is -3.50. The van der Waals surface area contributed by atoms with Gasteiger partial charge in [0.25, 0.3) is 0 Å². The third kappa shape index (κ3) is 8.64. The molecule has 15 heteroatoms. The van der Waals surface area contributed by atoms with E-state index in [2.05, 4.69) is 5.32 Å². The van der Waals surface area contributed by atoms with Crippen molar-refractivity contribution < 1.29 is 49.1 Å². The number of hydrogen-bond acceptors (Lipinski definition) is 11. The lowest BCUT2D eigenvalue weighted by Crippen LogP contribution is -2.63. The number of nitrogens with zero attached hydrogens (tertiary/aromatic N) is 1. The number of carboxylic acids is 1. The molecule has 0 aromatic heterocycles. The van der Waals surface area contributed by atoms with E-state index in [-0.39, 0.29) is 19.4 Å². The van der Waals surface area contributed by atoms with Gasteiger partial charge in [-0.2, -0.15) is 0 Å². The lowest BCUT2D eigenvalue weighted by molar-refractivity contribution is -0.263. The van der Waals surface area contributed by atoms with Gasteiger partial charge in [-0.1, -0.05) is 0 Å². The number of carbonyl (C=O) groups excluding carboxylic acids is 3. The van der Waals surface area contributed by atoms with Crippen LogP contribution < -0.4 is 22.5 Å². The molecule has 11 N–H and O–H groups in total. The van der Waals surface area contributed by atoms with Gasteiger partial charge in [0, 0.05) is 13.0 Å². The number of aliphatic hydroxyl groups excluding tert-OH is 3. The SMILES string of the molecule is CC(CN(C(=O)CC[C@@H](NC(=O)[C@H](C)N)C(N)=O)[C@@H](C)C(=O)O)O[C@@H]1[C@@H](N)[C@@H](O)O[C@H](CO)[C@H]1O. The Bertz CT molecular complexity index is 754. The van der Waals surface area contributed by atoms with Crippen molar-refractivity contribution in [2.24, 2.45) is 17.2 Å². The molecule has 15 nitrogen and oxygen atoms in total. The number of nitrogens with two attached hydrogens (primary N) is 3. The lowest BCUT2D eigenvalue weighted by Gasteiger charge is -2.42. The first-order chi connectivity index (χ1) is 16.2. The fraction of sp³-hybridized carbons (Fsp3) is 0.800. The Hall–Kier alpha value is -2.40. The van der Waals surface area contributed by atoms with Crippen molar-refractivity contribution >= 4 is 23.7 Å². The molecule has 0 radical (unpaired) electrons. The van der Waals surface area contributed by atoms with E-state index in [0.29, 0.717) is 0 Å². The Morgan fingerprint density at radius 3 is 2.26 bits per heavy atom. The minimum Gasteiger partial charge on any atom is -0.480 e. The van der Waals surface area contributed by atoms with Gasteiger partial charge in [0.05, 0.1) is 24.8 Å². The maximum absolute atomic E-state index is 12.9. The summed E-state index contributed by atoms with van der Waals surface area (Å²) in [6.07, 6.45) is -6.67. The molecule has 3 amide bonds. The standard InChI is InChI=1S/C20H37N5O10/c1-8(34-16-14(22)20(33)35-12(7-26)15(16)28)6-25(10(3)19(31)32)13(27)5-4-11(17(23)29)24-18(30)9(2)21/h8-12,14-16,20,26,28,33H,4-7,21-22H2,1-3H3,(H2,23,29)(H,24,30)(H,31,32)/t8?,9-,10-,11+,12+,14+,15+,16+,20-/m0/s1. The van der Waals surface area contributed by atoms with Crippen LogP contribution in [-0.2, 0) is 28.7 Å². The lowest BCUT2D eigenvalue weighted by atomic mass is 9.97. The van der Waals surface area contributed by atoms with Crippen molar-refractivity contribution in [2.45, 2.75) is 88.5 Å². The summed E-state index contributed by atoms with van der Waals surface area (Å²) in [5.41, 5.74) is 16.6. The Kier molecular flexibility index (Phi) is 11.9. The van der Waals surface area contributed by atoms with Gasteiger partial charge in [0.15, 0.2) is 6.29 Å².